The zero-order valence-electron chi connectivity index (χ0n) is 11.9. The van der Waals surface area contributed by atoms with E-state index in [0.717, 1.165) is 17.9 Å². The molecule has 1 saturated carbocycles. The maximum absolute atomic E-state index is 11.2. The van der Waals surface area contributed by atoms with Crippen LogP contribution in [0.15, 0.2) is 27.4 Å². The average molecular weight is 274 g/mol. The van der Waals surface area contributed by atoms with Crippen molar-refractivity contribution in [1.29, 1.82) is 0 Å². The third-order valence-electron chi connectivity index (χ3n) is 4.49. The average Bonchev–Trinajstić information content (AvgIpc) is 2.85. The fraction of sp³-hybridized carbons (Fsp3) is 0.562. The first-order valence-corrected chi connectivity index (χ1v) is 7.56. The maximum atomic E-state index is 11.2. The highest BCUT2D eigenvalue weighted by Gasteiger charge is 2.19. The molecule has 2 N–H and O–H groups in total. The minimum Gasteiger partial charge on any atom is -0.408 e. The molecule has 1 unspecified atom stereocenters. The molecule has 0 spiro atoms. The van der Waals surface area contributed by atoms with Crippen LogP contribution in [-0.2, 0) is 0 Å². The lowest BCUT2D eigenvalue weighted by molar-refractivity contribution is 0.306. The Morgan fingerprint density at radius 2 is 2.15 bits per heavy atom. The molecule has 1 heterocycles. The van der Waals surface area contributed by atoms with Gasteiger partial charge in [0.05, 0.1) is 5.52 Å². The van der Waals surface area contributed by atoms with Crippen LogP contribution >= 0.6 is 0 Å². The van der Waals surface area contributed by atoms with Crippen LogP contribution < -0.4 is 11.1 Å². The number of hydrogen-bond donors (Lipinski definition) is 2. The van der Waals surface area contributed by atoms with Gasteiger partial charge in [-0.2, -0.15) is 0 Å². The van der Waals surface area contributed by atoms with Crippen LogP contribution in [0.3, 0.4) is 0 Å². The van der Waals surface area contributed by atoms with E-state index in [-0.39, 0.29) is 5.76 Å². The third kappa shape index (κ3) is 2.80. The number of benzene rings is 1. The van der Waals surface area contributed by atoms with E-state index in [2.05, 4.69) is 16.4 Å². The van der Waals surface area contributed by atoms with Gasteiger partial charge in [0.1, 0.15) is 0 Å². The third-order valence-corrected chi connectivity index (χ3v) is 4.49. The lowest BCUT2D eigenvalue weighted by atomic mass is 9.83. The maximum Gasteiger partial charge on any atom is 0.417 e. The first-order valence-electron chi connectivity index (χ1n) is 7.56. The Balaban J connectivity index is 1.80. The Morgan fingerprint density at radius 1 is 1.35 bits per heavy atom. The normalized spacial score (nSPS) is 18.4. The summed E-state index contributed by atoms with van der Waals surface area (Å²) < 4.78 is 5.15. The molecule has 0 bridgehead atoms. The summed E-state index contributed by atoms with van der Waals surface area (Å²) in [5, 5.41) is 3.41. The van der Waals surface area contributed by atoms with Crippen LogP contribution in [0.2, 0.25) is 0 Å². The molecule has 20 heavy (non-hydrogen) atoms. The fourth-order valence-corrected chi connectivity index (χ4v) is 3.36. The Labute approximate surface area is 118 Å². The first-order chi connectivity index (χ1) is 9.76. The number of oxazole rings is 1. The molecular formula is C16H22N2O2. The second-order valence-corrected chi connectivity index (χ2v) is 5.85. The van der Waals surface area contributed by atoms with Crippen molar-refractivity contribution in [3.63, 3.8) is 0 Å². The van der Waals surface area contributed by atoms with Crippen LogP contribution in [0.1, 0.15) is 50.1 Å². The summed E-state index contributed by atoms with van der Waals surface area (Å²) in [7, 11) is 2.00. The summed E-state index contributed by atoms with van der Waals surface area (Å²) in [4.78, 5) is 13.9. The van der Waals surface area contributed by atoms with E-state index in [1.165, 1.54) is 37.7 Å². The van der Waals surface area contributed by atoms with Crippen molar-refractivity contribution in [3.8, 4) is 0 Å². The van der Waals surface area contributed by atoms with Gasteiger partial charge in [-0.1, -0.05) is 38.2 Å². The van der Waals surface area contributed by atoms with Crippen molar-refractivity contribution in [2.24, 2.45) is 5.92 Å². The summed E-state index contributed by atoms with van der Waals surface area (Å²) in [6.07, 6.45) is 7.98. The molecule has 1 fully saturated rings. The molecule has 1 aromatic heterocycles. The zero-order chi connectivity index (χ0) is 13.9. The topological polar surface area (TPSA) is 58.0 Å². The molecule has 4 heteroatoms. The van der Waals surface area contributed by atoms with Gasteiger partial charge >= 0.3 is 5.76 Å². The van der Waals surface area contributed by atoms with Gasteiger partial charge in [0.2, 0.25) is 0 Å². The monoisotopic (exact) mass is 274 g/mol. The number of fused-ring (bicyclic) bond motifs is 1. The minimum atomic E-state index is -0.384. The van der Waals surface area contributed by atoms with Crippen molar-refractivity contribution < 1.29 is 4.42 Å². The highest BCUT2D eigenvalue weighted by atomic mass is 16.4. The summed E-state index contributed by atoms with van der Waals surface area (Å²) in [6.45, 7) is 0. The van der Waals surface area contributed by atoms with E-state index in [0.29, 0.717) is 11.6 Å². The van der Waals surface area contributed by atoms with Crippen LogP contribution in [-0.4, -0.2) is 12.0 Å². The summed E-state index contributed by atoms with van der Waals surface area (Å²) in [5.41, 5.74) is 2.62. The lowest BCUT2D eigenvalue weighted by Crippen LogP contribution is -2.21. The molecule has 0 aliphatic heterocycles. The standard InChI is InChI=1S/C16H22N2O2/c1-17-14(9-11-5-3-2-4-6-11)12-7-8-13-15(10-12)20-16(19)18-13/h7-8,10-11,14,17H,2-6,9H2,1H3,(H,18,19). The molecule has 0 saturated heterocycles. The number of aromatic amines is 1. The highest BCUT2D eigenvalue weighted by molar-refractivity contribution is 5.72. The fourth-order valence-electron chi connectivity index (χ4n) is 3.36. The predicted molar refractivity (Wildman–Crippen MR) is 79.8 cm³/mol. The van der Waals surface area contributed by atoms with Gasteiger partial charge in [0, 0.05) is 6.04 Å². The second kappa shape index (κ2) is 5.83. The molecule has 4 nitrogen and oxygen atoms in total. The van der Waals surface area contributed by atoms with E-state index in [9.17, 15) is 4.79 Å². The van der Waals surface area contributed by atoms with Crippen LogP contribution in [0.4, 0.5) is 0 Å². The molecule has 1 aromatic carbocycles. The van der Waals surface area contributed by atoms with Gasteiger partial charge < -0.3 is 9.73 Å². The molecule has 1 aliphatic rings. The Kier molecular flexibility index (Phi) is 3.92. The Bertz CT molecular complexity index is 623. The molecule has 108 valence electrons. The predicted octanol–water partition coefficient (Wildman–Crippen LogP) is 3.35. The minimum absolute atomic E-state index is 0.336. The lowest BCUT2D eigenvalue weighted by Gasteiger charge is -2.26. The number of aromatic nitrogens is 1. The number of hydrogen-bond acceptors (Lipinski definition) is 3. The molecule has 3 rings (SSSR count). The van der Waals surface area contributed by atoms with Crippen molar-refractivity contribution in [2.75, 3.05) is 7.05 Å². The van der Waals surface area contributed by atoms with E-state index < -0.39 is 0 Å². The number of rotatable bonds is 4. The number of H-pyrrole nitrogens is 1. The molecule has 2 aromatic rings. The van der Waals surface area contributed by atoms with E-state index in [1.54, 1.807) is 0 Å². The van der Waals surface area contributed by atoms with Gasteiger partial charge in [0.25, 0.3) is 0 Å². The van der Waals surface area contributed by atoms with Gasteiger partial charge in [-0.3, -0.25) is 4.98 Å². The van der Waals surface area contributed by atoms with Crippen LogP contribution in [0.25, 0.3) is 11.1 Å². The largest absolute Gasteiger partial charge is 0.417 e. The second-order valence-electron chi connectivity index (χ2n) is 5.85. The summed E-state index contributed by atoms with van der Waals surface area (Å²) >= 11 is 0. The number of nitrogens with one attached hydrogen (secondary N) is 2. The van der Waals surface area contributed by atoms with Crippen LogP contribution in [0, 0.1) is 5.92 Å². The molecular weight excluding hydrogens is 252 g/mol. The van der Waals surface area contributed by atoms with Crippen molar-refractivity contribution in [2.45, 2.75) is 44.6 Å². The van der Waals surface area contributed by atoms with Crippen molar-refractivity contribution in [1.82, 2.24) is 10.3 Å². The van der Waals surface area contributed by atoms with Gasteiger partial charge in [-0.05, 0) is 37.1 Å². The molecule has 0 amide bonds. The smallest absolute Gasteiger partial charge is 0.408 e. The SMILES string of the molecule is CNC(CC1CCCCC1)c1ccc2[nH]c(=O)oc2c1. The van der Waals surface area contributed by atoms with Crippen molar-refractivity contribution >= 4 is 11.1 Å². The zero-order valence-corrected chi connectivity index (χ0v) is 11.9. The Morgan fingerprint density at radius 3 is 2.90 bits per heavy atom. The molecule has 1 aliphatic carbocycles. The summed E-state index contributed by atoms with van der Waals surface area (Å²) in [6, 6.07) is 6.33. The molecule has 1 atom stereocenters. The van der Waals surface area contributed by atoms with Crippen molar-refractivity contribution in [3.05, 3.63) is 34.3 Å². The summed E-state index contributed by atoms with van der Waals surface area (Å²) in [5.74, 6) is 0.431. The van der Waals surface area contributed by atoms with E-state index >= 15 is 0 Å². The van der Waals surface area contributed by atoms with Gasteiger partial charge in [0.15, 0.2) is 5.58 Å². The Hall–Kier alpha value is -1.55. The van der Waals surface area contributed by atoms with Gasteiger partial charge in [-0.25, -0.2) is 4.79 Å². The van der Waals surface area contributed by atoms with Gasteiger partial charge in [-0.15, -0.1) is 0 Å². The van der Waals surface area contributed by atoms with E-state index in [1.807, 2.05) is 19.2 Å². The highest BCUT2D eigenvalue weighted by Crippen LogP contribution is 2.32. The quantitative estimate of drug-likeness (QED) is 0.899. The van der Waals surface area contributed by atoms with Crippen LogP contribution in [0.5, 0.6) is 0 Å². The van der Waals surface area contributed by atoms with E-state index in [4.69, 9.17) is 4.42 Å². The molecule has 0 radical (unpaired) electrons. The first kappa shape index (κ1) is 13.4.